The van der Waals surface area contributed by atoms with Crippen LogP contribution in [0.2, 0.25) is 5.02 Å². The molecule has 1 aliphatic carbocycles. The van der Waals surface area contributed by atoms with E-state index in [-0.39, 0.29) is 24.3 Å². The van der Waals surface area contributed by atoms with Gasteiger partial charge in [-0.3, -0.25) is 4.79 Å². The summed E-state index contributed by atoms with van der Waals surface area (Å²) in [6.45, 7) is 0.285. The number of hydrogen-bond donors (Lipinski definition) is 0. The number of carbonyl (C=O) groups is 1. The molecule has 1 aliphatic rings. The molecule has 0 atom stereocenters. The summed E-state index contributed by atoms with van der Waals surface area (Å²) in [5, 5.41) is 0.590. The lowest BCUT2D eigenvalue weighted by atomic mass is 10.1. The van der Waals surface area contributed by atoms with Crippen molar-refractivity contribution in [2.24, 2.45) is 0 Å². The van der Waals surface area contributed by atoms with Crippen LogP contribution in [0.15, 0.2) is 46.9 Å². The van der Waals surface area contributed by atoms with Crippen LogP contribution in [0.1, 0.15) is 41.9 Å². The topological polar surface area (TPSA) is 46.3 Å². The molecule has 3 aromatic rings. The maximum absolute atomic E-state index is 13.2. The average Bonchev–Trinajstić information content (AvgIpc) is 3.28. The van der Waals surface area contributed by atoms with E-state index < -0.39 is 0 Å². The van der Waals surface area contributed by atoms with Gasteiger partial charge >= 0.3 is 0 Å². The Morgan fingerprint density at radius 1 is 1.19 bits per heavy atom. The molecule has 1 saturated carbocycles. The van der Waals surface area contributed by atoms with E-state index in [1.54, 1.807) is 23.1 Å². The summed E-state index contributed by atoms with van der Waals surface area (Å²) in [5.74, 6) is -0.00777. The van der Waals surface area contributed by atoms with Gasteiger partial charge in [-0.2, -0.15) is 0 Å². The molecule has 134 valence electrons. The fourth-order valence-electron chi connectivity index (χ4n) is 3.50. The molecule has 1 aromatic heterocycles. The van der Waals surface area contributed by atoms with E-state index in [0.717, 1.165) is 25.7 Å². The summed E-state index contributed by atoms with van der Waals surface area (Å²) in [6.07, 6.45) is 4.11. The van der Waals surface area contributed by atoms with Crippen LogP contribution in [0.5, 0.6) is 0 Å². The molecule has 0 saturated heterocycles. The van der Waals surface area contributed by atoms with Gasteiger partial charge in [0.25, 0.3) is 5.91 Å². The van der Waals surface area contributed by atoms with Crippen LogP contribution >= 0.6 is 11.6 Å². The minimum absolute atomic E-state index is 0.128. The van der Waals surface area contributed by atoms with Crippen LogP contribution in [0.25, 0.3) is 11.1 Å². The third-order valence-electron chi connectivity index (χ3n) is 4.82. The molecule has 6 heteroatoms. The van der Waals surface area contributed by atoms with E-state index >= 15 is 0 Å². The molecule has 0 bridgehead atoms. The van der Waals surface area contributed by atoms with Crippen LogP contribution < -0.4 is 0 Å². The molecule has 1 heterocycles. The maximum atomic E-state index is 13.2. The number of aromatic nitrogens is 1. The predicted molar refractivity (Wildman–Crippen MR) is 97.5 cm³/mol. The minimum atomic E-state index is -0.357. The van der Waals surface area contributed by atoms with E-state index in [2.05, 4.69) is 4.98 Å². The van der Waals surface area contributed by atoms with Gasteiger partial charge in [-0.1, -0.05) is 24.4 Å². The monoisotopic (exact) mass is 372 g/mol. The van der Waals surface area contributed by atoms with Crippen molar-refractivity contribution in [3.8, 4) is 0 Å². The molecule has 0 aliphatic heterocycles. The largest absolute Gasteiger partial charge is 0.439 e. The Hall–Kier alpha value is -2.40. The SMILES string of the molecule is O=C(c1ccc(F)cc1)N(Cc1nc2cc(Cl)ccc2o1)C1CCCC1. The summed E-state index contributed by atoms with van der Waals surface area (Å²) in [5.41, 5.74) is 1.79. The second kappa shape index (κ2) is 7.08. The molecule has 0 unspecified atom stereocenters. The third kappa shape index (κ3) is 3.44. The van der Waals surface area contributed by atoms with Crippen molar-refractivity contribution in [2.45, 2.75) is 38.3 Å². The smallest absolute Gasteiger partial charge is 0.254 e. The molecule has 4 rings (SSSR count). The highest BCUT2D eigenvalue weighted by molar-refractivity contribution is 6.31. The van der Waals surface area contributed by atoms with Crippen LogP contribution in [0.3, 0.4) is 0 Å². The lowest BCUT2D eigenvalue weighted by Gasteiger charge is -2.28. The molecule has 0 spiro atoms. The molecule has 1 amide bonds. The number of amides is 1. The van der Waals surface area contributed by atoms with E-state index in [0.29, 0.717) is 27.6 Å². The highest BCUT2D eigenvalue weighted by atomic mass is 35.5. The Labute approximate surface area is 155 Å². The van der Waals surface area contributed by atoms with Crippen molar-refractivity contribution in [1.82, 2.24) is 9.88 Å². The first-order valence-electron chi connectivity index (χ1n) is 8.72. The Morgan fingerprint density at radius 2 is 1.92 bits per heavy atom. The average molecular weight is 373 g/mol. The molecular formula is C20H18ClFN2O2. The van der Waals surface area contributed by atoms with Gasteiger partial charge in [0.2, 0.25) is 5.89 Å². The van der Waals surface area contributed by atoms with Crippen molar-refractivity contribution in [1.29, 1.82) is 0 Å². The molecular weight excluding hydrogens is 355 g/mol. The zero-order valence-corrected chi connectivity index (χ0v) is 14.9. The van der Waals surface area contributed by atoms with Gasteiger partial charge in [-0.25, -0.2) is 9.37 Å². The van der Waals surface area contributed by atoms with Gasteiger partial charge in [0, 0.05) is 16.6 Å². The predicted octanol–water partition coefficient (Wildman–Crippen LogP) is 5.21. The first-order chi connectivity index (χ1) is 12.6. The molecule has 4 nitrogen and oxygen atoms in total. The summed E-state index contributed by atoms with van der Waals surface area (Å²) >= 11 is 6.00. The number of oxazole rings is 1. The molecule has 0 radical (unpaired) electrons. The van der Waals surface area contributed by atoms with Crippen LogP contribution in [0.4, 0.5) is 4.39 Å². The Bertz CT molecular complexity index is 933. The number of nitrogens with zero attached hydrogens (tertiary/aromatic N) is 2. The van der Waals surface area contributed by atoms with E-state index in [1.807, 2.05) is 0 Å². The molecule has 1 fully saturated rings. The van der Waals surface area contributed by atoms with E-state index in [4.69, 9.17) is 16.0 Å². The maximum Gasteiger partial charge on any atom is 0.254 e. The minimum Gasteiger partial charge on any atom is -0.439 e. The zero-order chi connectivity index (χ0) is 18.1. The van der Waals surface area contributed by atoms with Crippen LogP contribution in [-0.2, 0) is 6.54 Å². The fraction of sp³-hybridized carbons (Fsp3) is 0.300. The number of fused-ring (bicyclic) bond motifs is 1. The second-order valence-corrected chi connectivity index (χ2v) is 7.03. The van der Waals surface area contributed by atoms with Gasteiger partial charge in [-0.15, -0.1) is 0 Å². The Balaban J connectivity index is 1.63. The lowest BCUT2D eigenvalue weighted by Crippen LogP contribution is -2.38. The summed E-state index contributed by atoms with van der Waals surface area (Å²) < 4.78 is 19.0. The lowest BCUT2D eigenvalue weighted by molar-refractivity contribution is 0.0646. The van der Waals surface area contributed by atoms with Crippen molar-refractivity contribution in [2.75, 3.05) is 0 Å². The summed E-state index contributed by atoms with van der Waals surface area (Å²) in [6, 6.07) is 11.1. The first-order valence-corrected chi connectivity index (χ1v) is 9.09. The number of carbonyl (C=O) groups excluding carboxylic acids is 1. The zero-order valence-electron chi connectivity index (χ0n) is 14.1. The Kier molecular flexibility index (Phi) is 4.64. The number of halogens is 2. The van der Waals surface area contributed by atoms with Crippen LogP contribution in [-0.4, -0.2) is 21.8 Å². The van der Waals surface area contributed by atoms with Crippen molar-refractivity contribution >= 4 is 28.6 Å². The number of benzene rings is 2. The van der Waals surface area contributed by atoms with E-state index in [1.165, 1.54) is 24.3 Å². The number of hydrogen-bond acceptors (Lipinski definition) is 3. The number of rotatable bonds is 4. The quantitative estimate of drug-likeness (QED) is 0.632. The molecule has 0 N–H and O–H groups in total. The molecule has 2 aromatic carbocycles. The Morgan fingerprint density at radius 3 is 2.65 bits per heavy atom. The van der Waals surface area contributed by atoms with Crippen molar-refractivity contribution < 1.29 is 13.6 Å². The van der Waals surface area contributed by atoms with Gasteiger partial charge < -0.3 is 9.32 Å². The standard InChI is InChI=1S/C20H18ClFN2O2/c21-14-7-10-18-17(11-14)23-19(26-18)12-24(16-3-1-2-4-16)20(25)13-5-8-15(22)9-6-13/h5-11,16H,1-4,12H2. The van der Waals surface area contributed by atoms with Gasteiger partial charge in [0.15, 0.2) is 5.58 Å². The van der Waals surface area contributed by atoms with Gasteiger partial charge in [0.05, 0.1) is 6.54 Å². The first kappa shape index (κ1) is 17.0. The third-order valence-corrected chi connectivity index (χ3v) is 5.05. The van der Waals surface area contributed by atoms with Crippen LogP contribution in [0, 0.1) is 5.82 Å². The summed E-state index contributed by atoms with van der Waals surface area (Å²) in [7, 11) is 0. The van der Waals surface area contributed by atoms with Gasteiger partial charge in [0.1, 0.15) is 11.3 Å². The summed E-state index contributed by atoms with van der Waals surface area (Å²) in [4.78, 5) is 19.3. The molecule has 26 heavy (non-hydrogen) atoms. The fourth-order valence-corrected chi connectivity index (χ4v) is 3.67. The van der Waals surface area contributed by atoms with Crippen molar-refractivity contribution in [3.05, 3.63) is 64.8 Å². The van der Waals surface area contributed by atoms with E-state index in [9.17, 15) is 9.18 Å². The highest BCUT2D eigenvalue weighted by Gasteiger charge is 2.29. The highest BCUT2D eigenvalue weighted by Crippen LogP contribution is 2.28. The normalized spacial score (nSPS) is 14.8. The second-order valence-electron chi connectivity index (χ2n) is 6.60. The van der Waals surface area contributed by atoms with Gasteiger partial charge in [-0.05, 0) is 55.3 Å². The van der Waals surface area contributed by atoms with Crippen molar-refractivity contribution in [3.63, 3.8) is 0 Å².